The van der Waals surface area contributed by atoms with Crippen LogP contribution in [-0.2, 0) is 17.1 Å². The van der Waals surface area contributed by atoms with Gasteiger partial charge in [-0.15, -0.1) is 0 Å². The monoisotopic (exact) mass is 409 g/mol. The molecule has 2 aliphatic heterocycles. The van der Waals surface area contributed by atoms with E-state index in [1.165, 1.54) is 71.9 Å². The van der Waals surface area contributed by atoms with Crippen molar-refractivity contribution >= 4 is 0 Å². The second-order valence-corrected chi connectivity index (χ2v) is 5.64. The second-order valence-electron chi connectivity index (χ2n) is 5.64. The van der Waals surface area contributed by atoms with Crippen molar-refractivity contribution in [2.24, 2.45) is 0 Å². The van der Waals surface area contributed by atoms with Crippen LogP contribution >= 0.6 is 0 Å². The topological polar surface area (TPSA) is 76.0 Å². The third-order valence-corrected chi connectivity index (χ3v) is 4.14. The van der Waals surface area contributed by atoms with Gasteiger partial charge >= 0.3 is 17.1 Å². The van der Waals surface area contributed by atoms with Crippen LogP contribution in [-0.4, -0.2) is 110 Å². The minimum Gasteiger partial charge on any atom is -1.00 e. The van der Waals surface area contributed by atoms with Gasteiger partial charge in [-0.3, -0.25) is 4.90 Å². The molecule has 0 aliphatic carbocycles. The van der Waals surface area contributed by atoms with E-state index in [1.807, 2.05) is 0 Å². The molecular formula is C13H32Cl2CuN4O2. The molecular weight excluding hydrogens is 379 g/mol. The first kappa shape index (κ1) is 30.7. The van der Waals surface area contributed by atoms with Crippen LogP contribution in [0.5, 0.6) is 0 Å². The first-order valence-electron chi connectivity index (χ1n) is 7.06. The van der Waals surface area contributed by atoms with E-state index in [4.69, 9.17) is 0 Å². The molecule has 0 aromatic heterocycles. The van der Waals surface area contributed by atoms with Gasteiger partial charge in [0, 0.05) is 52.4 Å². The molecule has 0 amide bonds. The Kier molecular flexibility index (Phi) is 23.3. The number of likely N-dealkylation sites (N-methyl/N-ethyl adjacent to an activating group) is 2. The molecule has 0 saturated carbocycles. The van der Waals surface area contributed by atoms with Gasteiger partial charge in [0.2, 0.25) is 0 Å². The molecule has 2 unspecified atom stereocenters. The molecule has 2 atom stereocenters. The van der Waals surface area contributed by atoms with Crippen LogP contribution in [0, 0.1) is 0 Å². The Balaban J connectivity index is -0.000000324. The fourth-order valence-electron chi connectivity index (χ4n) is 2.68. The summed E-state index contributed by atoms with van der Waals surface area (Å²) in [4.78, 5) is 10.2. The van der Waals surface area contributed by atoms with Crippen LogP contribution in [0.25, 0.3) is 0 Å². The van der Waals surface area contributed by atoms with Crippen LogP contribution in [0.2, 0.25) is 0 Å². The zero-order chi connectivity index (χ0) is 12.1. The standard InChI is InChI=1S/C13H28N4.2ClH.Cu.2H2O/c1-14-4-3-5-16-9-7-15(2)8-11-17(10-6-14)13-12-16;;;;;/h3-13H2,1-2H3;2*1H;;2*1H2/q;;;+2;;/p-2. The summed E-state index contributed by atoms with van der Waals surface area (Å²) in [5, 5.41) is 0. The number of rotatable bonds is 0. The quantitative estimate of drug-likeness (QED) is 0.372. The van der Waals surface area contributed by atoms with Crippen molar-refractivity contribution in [3.05, 3.63) is 0 Å². The van der Waals surface area contributed by atoms with Gasteiger partial charge in [-0.05, 0) is 33.6 Å². The normalized spacial score (nSPS) is 27.0. The fourth-order valence-corrected chi connectivity index (χ4v) is 2.68. The van der Waals surface area contributed by atoms with Gasteiger partial charge in [0.1, 0.15) is 0 Å². The van der Waals surface area contributed by atoms with E-state index in [2.05, 4.69) is 33.7 Å². The van der Waals surface area contributed by atoms with Crippen molar-refractivity contribution in [3.63, 3.8) is 0 Å². The molecule has 0 spiro atoms. The molecule has 2 rings (SSSR count). The summed E-state index contributed by atoms with van der Waals surface area (Å²) in [6.07, 6.45) is 1.32. The van der Waals surface area contributed by atoms with Crippen LogP contribution in [0.4, 0.5) is 0 Å². The summed E-state index contributed by atoms with van der Waals surface area (Å²) in [5.41, 5.74) is 0. The third kappa shape index (κ3) is 11.4. The molecule has 2 heterocycles. The zero-order valence-corrected chi connectivity index (χ0v) is 16.1. The number of hydrogen-bond donors (Lipinski definition) is 0. The van der Waals surface area contributed by atoms with Gasteiger partial charge < -0.3 is 50.5 Å². The molecule has 2 fully saturated rings. The van der Waals surface area contributed by atoms with Gasteiger partial charge in [0.15, 0.2) is 0 Å². The minimum absolute atomic E-state index is 0. The molecule has 0 aromatic rings. The molecule has 4 N–H and O–H groups in total. The summed E-state index contributed by atoms with van der Waals surface area (Å²) in [6, 6.07) is 0. The number of hydrogen-bond acceptors (Lipinski definition) is 4. The Morgan fingerprint density at radius 3 is 1.27 bits per heavy atom. The van der Waals surface area contributed by atoms with E-state index in [1.54, 1.807) is 0 Å². The molecule has 9 heteroatoms. The van der Waals surface area contributed by atoms with E-state index in [0.29, 0.717) is 0 Å². The summed E-state index contributed by atoms with van der Waals surface area (Å²) in [6.45, 7) is 12.4. The Morgan fingerprint density at radius 2 is 0.818 bits per heavy atom. The molecule has 2 bridgehead atoms. The maximum absolute atomic E-state index is 2.65. The van der Waals surface area contributed by atoms with E-state index in [9.17, 15) is 0 Å². The van der Waals surface area contributed by atoms with Crippen molar-refractivity contribution in [1.82, 2.24) is 19.6 Å². The van der Waals surface area contributed by atoms with Gasteiger partial charge in [0.05, 0.1) is 0 Å². The molecule has 2 aliphatic rings. The fraction of sp³-hybridized carbons (Fsp3) is 1.00. The summed E-state index contributed by atoms with van der Waals surface area (Å²) in [5.74, 6) is 0. The molecule has 141 valence electrons. The number of fused-ring (bicyclic) bond motifs is 3. The van der Waals surface area contributed by atoms with Gasteiger partial charge in [-0.2, -0.15) is 0 Å². The summed E-state index contributed by atoms with van der Waals surface area (Å²) in [7, 11) is 4.52. The van der Waals surface area contributed by atoms with Gasteiger partial charge in [-0.25, -0.2) is 0 Å². The Labute approximate surface area is 158 Å². The smallest absolute Gasteiger partial charge is 1.00 e. The van der Waals surface area contributed by atoms with E-state index >= 15 is 0 Å². The third-order valence-electron chi connectivity index (χ3n) is 4.14. The van der Waals surface area contributed by atoms with Crippen molar-refractivity contribution in [3.8, 4) is 0 Å². The predicted molar refractivity (Wildman–Crippen MR) is 79.7 cm³/mol. The van der Waals surface area contributed by atoms with Crippen molar-refractivity contribution in [2.75, 3.05) is 79.5 Å². The first-order chi connectivity index (χ1) is 8.24. The number of halogens is 2. The Hall–Kier alpha value is 0.859. The maximum Gasteiger partial charge on any atom is 2.00 e. The van der Waals surface area contributed by atoms with Crippen molar-refractivity contribution in [2.45, 2.75) is 6.42 Å². The Bertz CT molecular complexity index is 246. The molecule has 6 nitrogen and oxygen atoms in total. The molecule has 2 saturated heterocycles. The van der Waals surface area contributed by atoms with Crippen molar-refractivity contribution in [1.29, 1.82) is 0 Å². The largest absolute Gasteiger partial charge is 2.00 e. The number of nitrogens with zero attached hydrogens (tertiary/aromatic N) is 4. The maximum atomic E-state index is 2.65. The average molecular weight is 411 g/mol. The molecule has 0 aromatic carbocycles. The van der Waals surface area contributed by atoms with Crippen LogP contribution in [0.15, 0.2) is 0 Å². The average Bonchev–Trinajstić information content (AvgIpc) is 2.41. The van der Waals surface area contributed by atoms with Crippen molar-refractivity contribution < 1.29 is 52.8 Å². The summed E-state index contributed by atoms with van der Waals surface area (Å²) >= 11 is 0. The minimum atomic E-state index is 0. The predicted octanol–water partition coefficient (Wildman–Crippen LogP) is -7.77. The van der Waals surface area contributed by atoms with Crippen LogP contribution in [0.3, 0.4) is 0 Å². The van der Waals surface area contributed by atoms with Gasteiger partial charge in [-0.1, -0.05) is 0 Å². The first-order valence-corrected chi connectivity index (χ1v) is 7.06. The van der Waals surface area contributed by atoms with Crippen LogP contribution < -0.4 is 24.8 Å². The van der Waals surface area contributed by atoms with E-state index in [0.717, 1.165) is 0 Å². The zero-order valence-electron chi connectivity index (χ0n) is 13.6. The summed E-state index contributed by atoms with van der Waals surface area (Å²) < 4.78 is 0. The SMILES string of the molecule is CN1CCCN2CCN(C)CCN(CC1)CC2.O.O.[Cl-].[Cl-].[Cu+2]. The molecule has 22 heavy (non-hydrogen) atoms. The second kappa shape index (κ2) is 16.7. The van der Waals surface area contributed by atoms with E-state index in [-0.39, 0.29) is 52.8 Å². The molecule has 1 radical (unpaired) electrons. The van der Waals surface area contributed by atoms with E-state index < -0.39 is 0 Å². The van der Waals surface area contributed by atoms with Crippen LogP contribution in [0.1, 0.15) is 6.42 Å². The van der Waals surface area contributed by atoms with Gasteiger partial charge in [0.25, 0.3) is 0 Å². The Morgan fingerprint density at radius 1 is 0.500 bits per heavy atom.